The van der Waals surface area contributed by atoms with Crippen LogP contribution in [-0.4, -0.2) is 24.0 Å². The van der Waals surface area contributed by atoms with Crippen molar-refractivity contribution < 1.29 is 19.1 Å². The molecule has 0 saturated heterocycles. The summed E-state index contributed by atoms with van der Waals surface area (Å²) in [6, 6.07) is 5.87. The molecule has 0 fully saturated rings. The van der Waals surface area contributed by atoms with Gasteiger partial charge in [-0.05, 0) is 12.1 Å². The smallest absolute Gasteiger partial charge is 0.304 e. The van der Waals surface area contributed by atoms with Gasteiger partial charge in [-0.25, -0.2) is 4.39 Å². The SMILES string of the molecule is CN(C(=O)C(C)(C)CC(=O)O)c1ccccc1F. The van der Waals surface area contributed by atoms with Crippen LogP contribution in [0, 0.1) is 11.2 Å². The molecule has 1 aromatic carbocycles. The first-order valence-corrected chi connectivity index (χ1v) is 5.50. The summed E-state index contributed by atoms with van der Waals surface area (Å²) in [5.74, 6) is -2.01. The normalized spacial score (nSPS) is 11.1. The highest BCUT2D eigenvalue weighted by molar-refractivity contribution is 5.98. The van der Waals surface area contributed by atoms with E-state index in [9.17, 15) is 14.0 Å². The van der Waals surface area contributed by atoms with Crippen LogP contribution in [-0.2, 0) is 9.59 Å². The maximum absolute atomic E-state index is 13.5. The molecule has 0 aliphatic carbocycles. The first-order chi connectivity index (χ1) is 8.25. The second kappa shape index (κ2) is 5.16. The van der Waals surface area contributed by atoms with E-state index in [1.54, 1.807) is 6.07 Å². The Balaban J connectivity index is 2.97. The van der Waals surface area contributed by atoms with Crippen LogP contribution >= 0.6 is 0 Å². The van der Waals surface area contributed by atoms with Crippen molar-refractivity contribution in [1.29, 1.82) is 0 Å². The van der Waals surface area contributed by atoms with Gasteiger partial charge in [0.1, 0.15) is 5.82 Å². The van der Waals surface area contributed by atoms with Crippen molar-refractivity contribution in [3.63, 3.8) is 0 Å². The summed E-state index contributed by atoms with van der Waals surface area (Å²) in [5.41, 5.74) is -0.941. The summed E-state index contributed by atoms with van der Waals surface area (Å²) in [7, 11) is 1.43. The van der Waals surface area contributed by atoms with Gasteiger partial charge in [-0.1, -0.05) is 26.0 Å². The van der Waals surface area contributed by atoms with Crippen molar-refractivity contribution in [2.24, 2.45) is 5.41 Å². The Hall–Kier alpha value is -1.91. The third kappa shape index (κ3) is 3.06. The van der Waals surface area contributed by atoms with Crippen LogP contribution in [0.3, 0.4) is 0 Å². The molecule has 0 atom stereocenters. The van der Waals surface area contributed by atoms with Gasteiger partial charge in [-0.2, -0.15) is 0 Å². The molecule has 0 bridgehead atoms. The molecule has 0 aliphatic heterocycles. The van der Waals surface area contributed by atoms with E-state index in [1.807, 2.05) is 0 Å². The standard InChI is InChI=1S/C13H16FNO3/c1-13(2,8-11(16)17)12(18)15(3)10-7-5-4-6-9(10)14/h4-7H,8H2,1-3H3,(H,16,17). The van der Waals surface area contributed by atoms with E-state index in [0.29, 0.717) is 0 Å². The van der Waals surface area contributed by atoms with Crippen LogP contribution in [0.1, 0.15) is 20.3 Å². The maximum Gasteiger partial charge on any atom is 0.304 e. The monoisotopic (exact) mass is 253 g/mol. The van der Waals surface area contributed by atoms with Crippen LogP contribution in [0.25, 0.3) is 0 Å². The number of amides is 1. The lowest BCUT2D eigenvalue weighted by Crippen LogP contribution is -2.40. The molecule has 1 aromatic rings. The van der Waals surface area contributed by atoms with Gasteiger partial charge >= 0.3 is 5.97 Å². The molecule has 98 valence electrons. The number of carboxylic acids is 1. The van der Waals surface area contributed by atoms with Gasteiger partial charge in [0, 0.05) is 7.05 Å². The molecular weight excluding hydrogens is 237 g/mol. The van der Waals surface area contributed by atoms with Crippen LogP contribution in [0.5, 0.6) is 0 Å². The predicted molar refractivity (Wildman–Crippen MR) is 65.8 cm³/mol. The molecule has 0 spiro atoms. The highest BCUT2D eigenvalue weighted by Crippen LogP contribution is 2.27. The van der Waals surface area contributed by atoms with E-state index >= 15 is 0 Å². The van der Waals surface area contributed by atoms with Crippen LogP contribution < -0.4 is 4.90 Å². The van der Waals surface area contributed by atoms with Crippen molar-refractivity contribution in [2.45, 2.75) is 20.3 Å². The number of carbonyl (C=O) groups excluding carboxylic acids is 1. The minimum absolute atomic E-state index is 0.140. The van der Waals surface area contributed by atoms with Gasteiger partial charge in [-0.3, -0.25) is 9.59 Å². The molecule has 1 rings (SSSR count). The minimum atomic E-state index is -1.08. The number of halogens is 1. The Labute approximate surface area is 105 Å². The average Bonchev–Trinajstić information content (AvgIpc) is 2.26. The summed E-state index contributed by atoms with van der Waals surface area (Å²) in [5, 5.41) is 8.76. The third-order valence-corrected chi connectivity index (χ3v) is 2.69. The fraction of sp³-hybridized carbons (Fsp3) is 0.385. The molecule has 0 unspecified atom stereocenters. The van der Waals surface area contributed by atoms with Gasteiger partial charge < -0.3 is 10.0 Å². The Morgan fingerprint density at radius 1 is 1.33 bits per heavy atom. The zero-order valence-electron chi connectivity index (χ0n) is 10.6. The Kier molecular flexibility index (Phi) is 4.06. The van der Waals surface area contributed by atoms with Crippen molar-refractivity contribution in [1.82, 2.24) is 0 Å². The van der Waals surface area contributed by atoms with Crippen molar-refractivity contribution in [2.75, 3.05) is 11.9 Å². The maximum atomic E-state index is 13.5. The number of nitrogens with zero attached hydrogens (tertiary/aromatic N) is 1. The first kappa shape index (κ1) is 14.2. The number of aliphatic carboxylic acids is 1. The predicted octanol–water partition coefficient (Wildman–Crippen LogP) is 2.29. The zero-order valence-corrected chi connectivity index (χ0v) is 10.6. The number of para-hydroxylation sites is 1. The molecule has 1 amide bonds. The molecular formula is C13H16FNO3. The minimum Gasteiger partial charge on any atom is -0.481 e. The van der Waals surface area contributed by atoms with E-state index in [0.717, 1.165) is 4.90 Å². The lowest BCUT2D eigenvalue weighted by molar-refractivity contribution is -0.143. The van der Waals surface area contributed by atoms with E-state index < -0.39 is 23.1 Å². The van der Waals surface area contributed by atoms with Gasteiger partial charge in [-0.15, -0.1) is 0 Å². The van der Waals surface area contributed by atoms with Crippen LogP contribution in [0.4, 0.5) is 10.1 Å². The Bertz CT molecular complexity index is 471. The van der Waals surface area contributed by atoms with Crippen molar-refractivity contribution >= 4 is 17.6 Å². The summed E-state index contributed by atoms with van der Waals surface area (Å²) >= 11 is 0. The van der Waals surface area contributed by atoms with Crippen molar-refractivity contribution in [3.8, 4) is 0 Å². The Morgan fingerprint density at radius 2 is 1.89 bits per heavy atom. The van der Waals surface area contributed by atoms with Gasteiger partial charge in [0.15, 0.2) is 0 Å². The van der Waals surface area contributed by atoms with E-state index in [1.165, 1.54) is 39.1 Å². The van der Waals surface area contributed by atoms with Gasteiger partial charge in [0.25, 0.3) is 0 Å². The number of anilines is 1. The average molecular weight is 253 g/mol. The Morgan fingerprint density at radius 3 is 2.39 bits per heavy atom. The van der Waals surface area contributed by atoms with E-state index in [2.05, 4.69) is 0 Å². The fourth-order valence-electron chi connectivity index (χ4n) is 1.74. The molecule has 0 aliphatic rings. The highest BCUT2D eigenvalue weighted by Gasteiger charge is 2.34. The number of carboxylic acid groups (broad SMARTS) is 1. The topological polar surface area (TPSA) is 57.6 Å². The summed E-state index contributed by atoms with van der Waals surface area (Å²) in [6.07, 6.45) is -0.301. The molecule has 18 heavy (non-hydrogen) atoms. The third-order valence-electron chi connectivity index (χ3n) is 2.69. The number of rotatable bonds is 4. The molecule has 0 heterocycles. The molecule has 5 heteroatoms. The second-order valence-corrected chi connectivity index (χ2v) is 4.77. The van der Waals surface area contributed by atoms with Crippen molar-refractivity contribution in [3.05, 3.63) is 30.1 Å². The fourth-order valence-corrected chi connectivity index (χ4v) is 1.74. The number of benzene rings is 1. The van der Waals surface area contributed by atoms with Crippen LogP contribution in [0.2, 0.25) is 0 Å². The molecule has 0 saturated carbocycles. The summed E-state index contributed by atoms with van der Waals surface area (Å²) in [6.45, 7) is 3.06. The highest BCUT2D eigenvalue weighted by atomic mass is 19.1. The number of hydrogen-bond donors (Lipinski definition) is 1. The molecule has 0 aromatic heterocycles. The summed E-state index contributed by atoms with van der Waals surface area (Å²) < 4.78 is 13.5. The van der Waals surface area contributed by atoms with Crippen LogP contribution in [0.15, 0.2) is 24.3 Å². The molecule has 1 N–H and O–H groups in total. The lowest BCUT2D eigenvalue weighted by atomic mass is 9.87. The lowest BCUT2D eigenvalue weighted by Gasteiger charge is -2.28. The van der Waals surface area contributed by atoms with Gasteiger partial charge in [0.2, 0.25) is 5.91 Å². The quantitative estimate of drug-likeness (QED) is 0.895. The van der Waals surface area contributed by atoms with E-state index in [4.69, 9.17) is 5.11 Å². The summed E-state index contributed by atoms with van der Waals surface area (Å²) in [4.78, 5) is 24.0. The molecule has 0 radical (unpaired) electrons. The number of hydrogen-bond acceptors (Lipinski definition) is 2. The van der Waals surface area contributed by atoms with Gasteiger partial charge in [0.05, 0.1) is 17.5 Å². The zero-order chi connectivity index (χ0) is 13.9. The number of carbonyl (C=O) groups is 2. The second-order valence-electron chi connectivity index (χ2n) is 4.77. The largest absolute Gasteiger partial charge is 0.481 e. The molecule has 4 nitrogen and oxygen atoms in total. The van der Waals surface area contributed by atoms with E-state index in [-0.39, 0.29) is 12.1 Å². The first-order valence-electron chi connectivity index (χ1n) is 5.50.